The highest BCUT2D eigenvalue weighted by Crippen LogP contribution is 2.24. The Bertz CT molecular complexity index is 542. The van der Waals surface area contributed by atoms with Crippen molar-refractivity contribution in [3.8, 4) is 0 Å². The minimum absolute atomic E-state index is 0.181. The first-order valence-electron chi connectivity index (χ1n) is 7.17. The first-order valence-corrected chi connectivity index (χ1v) is 7.17. The number of carbonyl (C=O) groups is 2. The first-order chi connectivity index (χ1) is 10.0. The Hall–Kier alpha value is -1.88. The maximum absolute atomic E-state index is 11.9. The lowest BCUT2D eigenvalue weighted by Gasteiger charge is -2.16. The van der Waals surface area contributed by atoms with Crippen molar-refractivity contribution in [2.24, 2.45) is 11.7 Å². The molecule has 1 aliphatic rings. The Kier molecular flexibility index (Phi) is 4.96. The molecule has 5 heteroatoms. The van der Waals surface area contributed by atoms with Crippen LogP contribution in [0.1, 0.15) is 27.9 Å². The van der Waals surface area contributed by atoms with Gasteiger partial charge in [-0.05, 0) is 42.5 Å². The second-order valence-electron chi connectivity index (χ2n) is 5.61. The van der Waals surface area contributed by atoms with Crippen LogP contribution in [0.25, 0.3) is 0 Å². The number of nitrogens with two attached hydrogens (primary N) is 1. The fraction of sp³-hybridized carbons (Fsp3) is 0.500. The fourth-order valence-electron chi connectivity index (χ4n) is 2.76. The van der Waals surface area contributed by atoms with Gasteiger partial charge in [0.05, 0.1) is 6.61 Å². The number of rotatable bonds is 6. The second kappa shape index (κ2) is 6.72. The van der Waals surface area contributed by atoms with Crippen molar-refractivity contribution in [2.75, 3.05) is 26.8 Å². The third-order valence-corrected chi connectivity index (χ3v) is 4.00. The molecule has 0 aromatic heterocycles. The smallest absolute Gasteiger partial charge is 0.248 e. The first kappa shape index (κ1) is 15.5. The number of methoxy groups -OCH3 is 1. The Morgan fingerprint density at radius 3 is 2.90 bits per heavy atom. The van der Waals surface area contributed by atoms with Crippen LogP contribution < -0.4 is 5.73 Å². The van der Waals surface area contributed by atoms with Gasteiger partial charge in [-0.25, -0.2) is 0 Å². The summed E-state index contributed by atoms with van der Waals surface area (Å²) in [5.74, 6) is 0.0532. The molecule has 0 bridgehead atoms. The highest BCUT2D eigenvalue weighted by molar-refractivity contribution is 5.93. The van der Waals surface area contributed by atoms with Gasteiger partial charge in [0.15, 0.2) is 0 Å². The second-order valence-corrected chi connectivity index (χ2v) is 5.61. The number of likely N-dealkylation sites (tertiary alicyclic amines) is 1. The summed E-state index contributed by atoms with van der Waals surface area (Å²) in [5, 5.41) is 0. The molecule has 2 rings (SSSR count). The van der Waals surface area contributed by atoms with E-state index in [9.17, 15) is 9.59 Å². The van der Waals surface area contributed by atoms with E-state index in [1.54, 1.807) is 13.2 Å². The molecule has 1 aromatic rings. The van der Waals surface area contributed by atoms with Gasteiger partial charge in [0.1, 0.15) is 0 Å². The van der Waals surface area contributed by atoms with Crippen LogP contribution in [0.5, 0.6) is 0 Å². The van der Waals surface area contributed by atoms with Gasteiger partial charge in [0, 0.05) is 32.2 Å². The molecule has 1 aliphatic heterocycles. The predicted molar refractivity (Wildman–Crippen MR) is 80.0 cm³/mol. The van der Waals surface area contributed by atoms with Crippen molar-refractivity contribution in [1.82, 2.24) is 4.90 Å². The third-order valence-electron chi connectivity index (χ3n) is 4.00. The molecule has 2 N–H and O–H groups in total. The normalized spacial score (nSPS) is 18.3. The summed E-state index contributed by atoms with van der Waals surface area (Å²) >= 11 is 0. The number of primary amides is 1. The molecule has 0 aliphatic carbocycles. The average molecular weight is 290 g/mol. The number of ether oxygens (including phenoxy) is 1. The SMILES string of the molecule is COCCN1CC(Cc2cc(C(N)=O)ccc2C)CC1=O. The Balaban J connectivity index is 2.04. The summed E-state index contributed by atoms with van der Waals surface area (Å²) in [4.78, 5) is 25.1. The number of benzene rings is 1. The van der Waals surface area contributed by atoms with E-state index in [1.165, 1.54) is 0 Å². The molecule has 21 heavy (non-hydrogen) atoms. The average Bonchev–Trinajstić information content (AvgIpc) is 2.78. The summed E-state index contributed by atoms with van der Waals surface area (Å²) in [6, 6.07) is 5.50. The lowest BCUT2D eigenvalue weighted by atomic mass is 9.94. The maximum atomic E-state index is 11.9. The Morgan fingerprint density at radius 2 is 2.24 bits per heavy atom. The van der Waals surface area contributed by atoms with E-state index in [4.69, 9.17) is 10.5 Å². The standard InChI is InChI=1S/C16H22N2O3/c1-11-3-4-13(16(17)20)9-14(11)7-12-8-15(19)18(10-12)5-6-21-2/h3-4,9,12H,5-8,10H2,1-2H3,(H2,17,20). The van der Waals surface area contributed by atoms with E-state index in [1.807, 2.05) is 24.0 Å². The van der Waals surface area contributed by atoms with E-state index in [2.05, 4.69) is 0 Å². The molecule has 1 fully saturated rings. The minimum Gasteiger partial charge on any atom is -0.383 e. The number of nitrogens with zero attached hydrogens (tertiary/aromatic N) is 1. The predicted octanol–water partition coefficient (Wildman–Crippen LogP) is 1.13. The van der Waals surface area contributed by atoms with Gasteiger partial charge in [-0.2, -0.15) is 0 Å². The molecule has 114 valence electrons. The molecule has 1 unspecified atom stereocenters. The van der Waals surface area contributed by atoms with Crippen LogP contribution in [0, 0.1) is 12.8 Å². The van der Waals surface area contributed by atoms with Gasteiger partial charge in [-0.1, -0.05) is 6.07 Å². The van der Waals surface area contributed by atoms with Crippen LogP contribution in [0.3, 0.4) is 0 Å². The van der Waals surface area contributed by atoms with Crippen molar-refractivity contribution in [1.29, 1.82) is 0 Å². The summed E-state index contributed by atoms with van der Waals surface area (Å²) in [6.07, 6.45) is 1.35. The van der Waals surface area contributed by atoms with Crippen molar-refractivity contribution in [3.05, 3.63) is 34.9 Å². The van der Waals surface area contributed by atoms with Crippen LogP contribution >= 0.6 is 0 Å². The van der Waals surface area contributed by atoms with Crippen molar-refractivity contribution in [2.45, 2.75) is 19.8 Å². The maximum Gasteiger partial charge on any atom is 0.248 e. The largest absolute Gasteiger partial charge is 0.383 e. The number of aryl methyl sites for hydroxylation is 1. The number of carbonyl (C=O) groups excluding carboxylic acids is 2. The summed E-state index contributed by atoms with van der Waals surface area (Å²) < 4.78 is 5.02. The van der Waals surface area contributed by atoms with E-state index in [0.29, 0.717) is 25.1 Å². The third kappa shape index (κ3) is 3.82. The number of hydrogen-bond acceptors (Lipinski definition) is 3. The quantitative estimate of drug-likeness (QED) is 0.853. The van der Waals surface area contributed by atoms with Gasteiger partial charge in [0.2, 0.25) is 11.8 Å². The van der Waals surface area contributed by atoms with Crippen LogP contribution in [-0.2, 0) is 16.0 Å². The van der Waals surface area contributed by atoms with Gasteiger partial charge in [-0.15, -0.1) is 0 Å². The lowest BCUT2D eigenvalue weighted by Crippen LogP contribution is -2.29. The van der Waals surface area contributed by atoms with Crippen molar-refractivity contribution in [3.63, 3.8) is 0 Å². The monoisotopic (exact) mass is 290 g/mol. The molecule has 1 aromatic carbocycles. The molecule has 0 saturated carbocycles. The molecular weight excluding hydrogens is 268 g/mol. The molecule has 1 atom stereocenters. The zero-order valence-electron chi connectivity index (χ0n) is 12.6. The molecule has 5 nitrogen and oxygen atoms in total. The zero-order valence-corrected chi connectivity index (χ0v) is 12.6. The summed E-state index contributed by atoms with van der Waals surface area (Å²) in [5.41, 5.74) is 8.07. The molecule has 1 heterocycles. The van der Waals surface area contributed by atoms with Crippen LogP contribution in [0.2, 0.25) is 0 Å². The highest BCUT2D eigenvalue weighted by Gasteiger charge is 2.29. The van der Waals surface area contributed by atoms with Crippen molar-refractivity contribution < 1.29 is 14.3 Å². The van der Waals surface area contributed by atoms with E-state index < -0.39 is 5.91 Å². The van der Waals surface area contributed by atoms with E-state index in [-0.39, 0.29) is 11.8 Å². The van der Waals surface area contributed by atoms with Crippen LogP contribution in [0.15, 0.2) is 18.2 Å². The molecule has 0 radical (unpaired) electrons. The molecular formula is C16H22N2O3. The number of hydrogen-bond donors (Lipinski definition) is 1. The fourth-order valence-corrected chi connectivity index (χ4v) is 2.76. The number of amides is 2. The van der Waals surface area contributed by atoms with Gasteiger partial charge in [0.25, 0.3) is 0 Å². The van der Waals surface area contributed by atoms with Gasteiger partial charge >= 0.3 is 0 Å². The van der Waals surface area contributed by atoms with Crippen molar-refractivity contribution >= 4 is 11.8 Å². The minimum atomic E-state index is -0.416. The molecule has 2 amide bonds. The van der Waals surface area contributed by atoms with Gasteiger partial charge in [-0.3, -0.25) is 9.59 Å². The Labute approximate surface area is 125 Å². The van der Waals surface area contributed by atoms with E-state index >= 15 is 0 Å². The van der Waals surface area contributed by atoms with E-state index in [0.717, 1.165) is 24.1 Å². The Morgan fingerprint density at radius 1 is 1.48 bits per heavy atom. The summed E-state index contributed by atoms with van der Waals surface area (Å²) in [6.45, 7) is 3.97. The van der Waals surface area contributed by atoms with Crippen LogP contribution in [0.4, 0.5) is 0 Å². The topological polar surface area (TPSA) is 72.6 Å². The summed E-state index contributed by atoms with van der Waals surface area (Å²) in [7, 11) is 1.64. The highest BCUT2D eigenvalue weighted by atomic mass is 16.5. The lowest BCUT2D eigenvalue weighted by molar-refractivity contribution is -0.128. The molecule has 0 spiro atoms. The molecule has 1 saturated heterocycles. The van der Waals surface area contributed by atoms with Gasteiger partial charge < -0.3 is 15.4 Å². The zero-order chi connectivity index (χ0) is 15.4. The van der Waals surface area contributed by atoms with Crippen LogP contribution in [-0.4, -0.2) is 43.5 Å².